The smallest absolute Gasteiger partial charge is 0.331 e. The number of amides is 3. The number of fused-ring (bicyclic) bond motifs is 1. The molecule has 4 aromatic rings. The van der Waals surface area contributed by atoms with Crippen LogP contribution in [-0.4, -0.2) is 83.8 Å². The number of rotatable bonds is 9. The zero-order valence-electron chi connectivity index (χ0n) is 23.9. The highest BCUT2D eigenvalue weighted by Crippen LogP contribution is 2.32. The molecule has 1 unspecified atom stereocenters. The monoisotopic (exact) mass is 652 g/mol. The Morgan fingerprint density at radius 1 is 1.02 bits per heavy atom. The quantitative estimate of drug-likeness (QED) is 0.257. The van der Waals surface area contributed by atoms with Crippen molar-refractivity contribution in [3.63, 3.8) is 0 Å². The van der Waals surface area contributed by atoms with E-state index < -0.39 is 22.1 Å². The highest BCUT2D eigenvalue weighted by atomic mass is 35.5. The summed E-state index contributed by atoms with van der Waals surface area (Å²) in [6.07, 6.45) is 5.37. The van der Waals surface area contributed by atoms with Gasteiger partial charge in [-0.15, -0.1) is 0 Å². The number of halogens is 1. The fraction of sp³-hybridized carbons (Fsp3) is 0.276. The summed E-state index contributed by atoms with van der Waals surface area (Å²) < 4.78 is 40.2. The van der Waals surface area contributed by atoms with Gasteiger partial charge in [0.15, 0.2) is 11.5 Å². The van der Waals surface area contributed by atoms with Crippen molar-refractivity contribution in [2.75, 3.05) is 37.9 Å². The molecule has 14 nitrogen and oxygen atoms in total. The van der Waals surface area contributed by atoms with Gasteiger partial charge in [0, 0.05) is 51.1 Å². The molecule has 0 spiro atoms. The zero-order chi connectivity index (χ0) is 31.4. The molecule has 2 aromatic heterocycles. The van der Waals surface area contributed by atoms with Crippen LogP contribution in [0, 0.1) is 0 Å². The van der Waals surface area contributed by atoms with Crippen LogP contribution in [-0.2, 0) is 21.2 Å². The molecule has 16 heteroatoms. The van der Waals surface area contributed by atoms with Crippen LogP contribution in [0.5, 0.6) is 11.5 Å². The Bertz CT molecular complexity index is 1790. The van der Waals surface area contributed by atoms with Crippen LogP contribution < -0.4 is 24.4 Å². The van der Waals surface area contributed by atoms with Crippen LogP contribution >= 0.6 is 11.6 Å². The third-order valence-electron chi connectivity index (χ3n) is 7.34. The highest BCUT2D eigenvalue weighted by Gasteiger charge is 2.34. The molecule has 1 fully saturated rings. The second-order valence-electron chi connectivity index (χ2n) is 10.3. The lowest BCUT2D eigenvalue weighted by Gasteiger charge is -2.41. The molecule has 2 N–H and O–H groups in total. The SMILES string of the molecule is O=C(CC1CN(C(=O)NS(=O)(=O)c2ccccc2)CCN1c1cc(Cl)nc(-n2ccnc2)n1)NCCc1ccc2c(c1)OCO2. The molecule has 234 valence electrons. The average molecular weight is 653 g/mol. The topological polar surface area (TPSA) is 161 Å². The minimum absolute atomic E-state index is 0.00160. The molecule has 6 rings (SSSR count). The Morgan fingerprint density at radius 2 is 1.84 bits per heavy atom. The van der Waals surface area contributed by atoms with Crippen molar-refractivity contribution in [2.24, 2.45) is 0 Å². The number of piperazine rings is 1. The number of sulfonamides is 1. The molecule has 2 aromatic carbocycles. The van der Waals surface area contributed by atoms with Crippen LogP contribution in [0.15, 0.2) is 78.2 Å². The maximum Gasteiger partial charge on any atom is 0.331 e. The minimum atomic E-state index is -4.09. The second-order valence-corrected chi connectivity index (χ2v) is 12.4. The number of aromatic nitrogens is 4. The summed E-state index contributed by atoms with van der Waals surface area (Å²) in [4.78, 5) is 42.6. The molecular weight excluding hydrogens is 624 g/mol. The van der Waals surface area contributed by atoms with E-state index >= 15 is 0 Å². The van der Waals surface area contributed by atoms with Gasteiger partial charge in [0.2, 0.25) is 18.6 Å². The Morgan fingerprint density at radius 3 is 2.64 bits per heavy atom. The molecule has 1 saturated heterocycles. The molecule has 2 aliphatic heterocycles. The standard InChI is InChI=1S/C29H29ClN8O6S/c30-25-16-26(34-28(33-25)37-11-10-31-18-37)38-13-12-36(29(40)35-45(41,42)22-4-2-1-3-5-22)17-21(38)15-27(39)32-9-8-20-6-7-23-24(14-20)44-19-43-23/h1-7,10-11,14,16,18,21H,8-9,12-13,15,17,19H2,(H,32,39)(H,35,40). The summed E-state index contributed by atoms with van der Waals surface area (Å²) in [7, 11) is -4.09. The van der Waals surface area contributed by atoms with Crippen molar-refractivity contribution in [1.82, 2.24) is 34.5 Å². The number of imidazole rings is 1. The average Bonchev–Trinajstić information content (AvgIpc) is 3.74. The minimum Gasteiger partial charge on any atom is -0.454 e. The zero-order valence-corrected chi connectivity index (χ0v) is 25.4. The first-order valence-electron chi connectivity index (χ1n) is 14.1. The molecular formula is C29H29ClN8O6S. The van der Waals surface area contributed by atoms with Crippen molar-refractivity contribution < 1.29 is 27.5 Å². The second kappa shape index (κ2) is 13.0. The highest BCUT2D eigenvalue weighted by molar-refractivity contribution is 7.90. The van der Waals surface area contributed by atoms with Gasteiger partial charge in [0.1, 0.15) is 17.3 Å². The molecule has 0 aliphatic carbocycles. The van der Waals surface area contributed by atoms with Gasteiger partial charge in [-0.05, 0) is 36.2 Å². The summed E-state index contributed by atoms with van der Waals surface area (Å²) in [5.41, 5.74) is 0.976. The van der Waals surface area contributed by atoms with Crippen LogP contribution in [0.3, 0.4) is 0 Å². The van der Waals surface area contributed by atoms with Crippen molar-refractivity contribution in [2.45, 2.75) is 23.8 Å². The number of carbonyl (C=O) groups is 2. The first kappa shape index (κ1) is 30.1. The van der Waals surface area contributed by atoms with Gasteiger partial charge in [0.25, 0.3) is 10.0 Å². The van der Waals surface area contributed by atoms with E-state index in [9.17, 15) is 18.0 Å². The van der Waals surface area contributed by atoms with E-state index in [1.165, 1.54) is 23.4 Å². The summed E-state index contributed by atoms with van der Waals surface area (Å²) >= 11 is 6.36. The number of hydrogen-bond acceptors (Lipinski definition) is 10. The number of nitrogens with zero attached hydrogens (tertiary/aromatic N) is 6. The molecule has 2 aliphatic rings. The fourth-order valence-corrected chi connectivity index (χ4v) is 6.28. The first-order chi connectivity index (χ1) is 21.7. The third-order valence-corrected chi connectivity index (χ3v) is 8.87. The number of urea groups is 1. The van der Waals surface area contributed by atoms with Crippen molar-refractivity contribution in [1.29, 1.82) is 0 Å². The van der Waals surface area contributed by atoms with E-state index in [1.807, 2.05) is 23.1 Å². The molecule has 0 radical (unpaired) electrons. The van der Waals surface area contributed by atoms with Crippen molar-refractivity contribution in [3.05, 3.63) is 84.0 Å². The largest absolute Gasteiger partial charge is 0.454 e. The molecule has 1 atom stereocenters. The van der Waals surface area contributed by atoms with Gasteiger partial charge in [-0.1, -0.05) is 35.9 Å². The van der Waals surface area contributed by atoms with Gasteiger partial charge in [-0.2, -0.15) is 4.98 Å². The third kappa shape index (κ3) is 7.10. The number of carbonyl (C=O) groups excluding carboxylic acids is 2. The Hall–Kier alpha value is -4.89. The Balaban J connectivity index is 1.17. The summed E-state index contributed by atoms with van der Waals surface area (Å²) in [5.74, 6) is 1.85. The summed E-state index contributed by atoms with van der Waals surface area (Å²) in [6.45, 7) is 1.02. The van der Waals surface area contributed by atoms with Crippen LogP contribution in [0.2, 0.25) is 5.15 Å². The van der Waals surface area contributed by atoms with Crippen LogP contribution in [0.4, 0.5) is 10.6 Å². The van der Waals surface area contributed by atoms with E-state index in [0.29, 0.717) is 30.3 Å². The van der Waals surface area contributed by atoms with Crippen LogP contribution in [0.25, 0.3) is 5.95 Å². The number of hydrogen-bond donors (Lipinski definition) is 2. The van der Waals surface area contributed by atoms with Gasteiger partial charge >= 0.3 is 6.03 Å². The Labute approximate surface area is 264 Å². The lowest BCUT2D eigenvalue weighted by Crippen LogP contribution is -2.58. The van der Waals surface area contributed by atoms with E-state index in [2.05, 4.69) is 25.0 Å². The van der Waals surface area contributed by atoms with Gasteiger partial charge in [-0.25, -0.2) is 27.9 Å². The number of benzene rings is 2. The van der Waals surface area contributed by atoms with E-state index in [4.69, 9.17) is 21.1 Å². The van der Waals surface area contributed by atoms with E-state index in [-0.39, 0.29) is 54.8 Å². The van der Waals surface area contributed by atoms with Gasteiger partial charge < -0.3 is 24.6 Å². The number of ether oxygens (including phenoxy) is 2. The number of anilines is 1. The summed E-state index contributed by atoms with van der Waals surface area (Å²) in [5, 5.41) is 3.13. The maximum atomic E-state index is 13.2. The molecule has 0 saturated carbocycles. The van der Waals surface area contributed by atoms with Gasteiger partial charge in [0.05, 0.1) is 10.9 Å². The molecule has 45 heavy (non-hydrogen) atoms. The van der Waals surface area contributed by atoms with E-state index in [1.54, 1.807) is 41.2 Å². The molecule has 4 heterocycles. The lowest BCUT2D eigenvalue weighted by molar-refractivity contribution is -0.121. The molecule has 3 amide bonds. The summed E-state index contributed by atoms with van der Waals surface area (Å²) in [6, 6.07) is 13.5. The van der Waals surface area contributed by atoms with Gasteiger partial charge in [-0.3, -0.25) is 9.36 Å². The Kier molecular flexibility index (Phi) is 8.71. The van der Waals surface area contributed by atoms with Crippen LogP contribution in [0.1, 0.15) is 12.0 Å². The fourth-order valence-electron chi connectivity index (χ4n) is 5.12. The molecule has 0 bridgehead atoms. The predicted octanol–water partition coefficient (Wildman–Crippen LogP) is 2.38. The normalized spacial score (nSPS) is 16.0. The maximum absolute atomic E-state index is 13.2. The first-order valence-corrected chi connectivity index (χ1v) is 15.9. The van der Waals surface area contributed by atoms with E-state index in [0.717, 1.165) is 5.56 Å². The number of nitrogens with one attached hydrogen (secondary N) is 2. The van der Waals surface area contributed by atoms with Crippen molar-refractivity contribution in [3.8, 4) is 17.4 Å². The van der Waals surface area contributed by atoms with Crippen molar-refractivity contribution >= 4 is 39.4 Å². The lowest BCUT2D eigenvalue weighted by atomic mass is 10.1. The predicted molar refractivity (Wildman–Crippen MR) is 163 cm³/mol.